The number of hydrogen-bond donors (Lipinski definition) is 2. The molecule has 1 saturated carbocycles. The van der Waals surface area contributed by atoms with Crippen LogP contribution < -0.4 is 5.32 Å². The third-order valence-electron chi connectivity index (χ3n) is 4.53. The van der Waals surface area contributed by atoms with Crippen LogP contribution in [0.2, 0.25) is 0 Å². The third-order valence-corrected chi connectivity index (χ3v) is 4.53. The summed E-state index contributed by atoms with van der Waals surface area (Å²) in [4.78, 5) is 12.4. The Morgan fingerprint density at radius 2 is 1.95 bits per heavy atom. The number of hydrogen-bond acceptors (Lipinski definition) is 2. The first-order valence-corrected chi connectivity index (χ1v) is 7.89. The third kappa shape index (κ3) is 2.78. The van der Waals surface area contributed by atoms with Crippen LogP contribution in [0.15, 0.2) is 24.3 Å². The number of anilines is 1. The Kier molecular flexibility index (Phi) is 3.77. The van der Waals surface area contributed by atoms with Crippen LogP contribution in [0.4, 0.5) is 5.69 Å². The predicted molar refractivity (Wildman–Crippen MR) is 88.1 cm³/mol. The molecule has 1 amide bonds. The number of benzene rings is 1. The minimum atomic E-state index is 0.0820. The van der Waals surface area contributed by atoms with Crippen molar-refractivity contribution in [2.75, 3.05) is 5.32 Å². The van der Waals surface area contributed by atoms with E-state index in [2.05, 4.69) is 53.6 Å². The SMILES string of the molecule is Cc1n[nH]c(C)c1NC(=O)C1CC1c1ccc(C(C)C)cc1. The molecule has 4 heteroatoms. The normalized spacial score (nSPS) is 20.2. The maximum Gasteiger partial charge on any atom is 0.228 e. The van der Waals surface area contributed by atoms with Gasteiger partial charge in [-0.2, -0.15) is 5.10 Å². The van der Waals surface area contributed by atoms with Crippen molar-refractivity contribution >= 4 is 11.6 Å². The van der Waals surface area contributed by atoms with Gasteiger partial charge in [-0.1, -0.05) is 38.1 Å². The molecule has 2 atom stereocenters. The molecule has 2 unspecified atom stereocenters. The summed E-state index contributed by atoms with van der Waals surface area (Å²) < 4.78 is 0. The predicted octanol–water partition coefficient (Wildman–Crippen LogP) is 3.89. The molecule has 0 aliphatic heterocycles. The summed E-state index contributed by atoms with van der Waals surface area (Å²) in [7, 11) is 0. The average molecular weight is 297 g/mol. The smallest absolute Gasteiger partial charge is 0.228 e. The van der Waals surface area contributed by atoms with Gasteiger partial charge in [0.2, 0.25) is 5.91 Å². The number of carbonyl (C=O) groups excluding carboxylic acids is 1. The van der Waals surface area contributed by atoms with E-state index in [0.717, 1.165) is 23.5 Å². The number of carbonyl (C=O) groups is 1. The molecule has 4 nitrogen and oxygen atoms in total. The topological polar surface area (TPSA) is 57.8 Å². The van der Waals surface area contributed by atoms with Crippen molar-refractivity contribution in [3.63, 3.8) is 0 Å². The molecule has 116 valence electrons. The lowest BCUT2D eigenvalue weighted by Gasteiger charge is -2.07. The summed E-state index contributed by atoms with van der Waals surface area (Å²) in [5.74, 6) is 1.08. The highest BCUT2D eigenvalue weighted by atomic mass is 16.2. The van der Waals surface area contributed by atoms with E-state index in [-0.39, 0.29) is 11.8 Å². The van der Waals surface area contributed by atoms with Crippen molar-refractivity contribution in [3.05, 3.63) is 46.8 Å². The van der Waals surface area contributed by atoms with Crippen molar-refractivity contribution in [2.45, 2.75) is 46.0 Å². The van der Waals surface area contributed by atoms with Crippen molar-refractivity contribution in [1.82, 2.24) is 10.2 Å². The lowest BCUT2D eigenvalue weighted by atomic mass is 10.00. The summed E-state index contributed by atoms with van der Waals surface area (Å²) in [5.41, 5.74) is 5.18. The highest BCUT2D eigenvalue weighted by Gasteiger charge is 2.44. The van der Waals surface area contributed by atoms with E-state index in [4.69, 9.17) is 0 Å². The zero-order valence-corrected chi connectivity index (χ0v) is 13.6. The van der Waals surface area contributed by atoms with Crippen LogP contribution in [0.25, 0.3) is 0 Å². The van der Waals surface area contributed by atoms with Gasteiger partial charge in [-0.3, -0.25) is 9.89 Å². The summed E-state index contributed by atoms with van der Waals surface area (Å²) in [6.45, 7) is 8.20. The fourth-order valence-corrected chi connectivity index (χ4v) is 2.93. The largest absolute Gasteiger partial charge is 0.323 e. The molecule has 1 aromatic carbocycles. The van der Waals surface area contributed by atoms with Crippen molar-refractivity contribution in [1.29, 1.82) is 0 Å². The molecule has 0 bridgehead atoms. The van der Waals surface area contributed by atoms with Crippen molar-refractivity contribution in [2.24, 2.45) is 5.92 Å². The summed E-state index contributed by atoms with van der Waals surface area (Å²) >= 11 is 0. The first-order chi connectivity index (χ1) is 10.5. The molecule has 1 heterocycles. The molecule has 3 rings (SSSR count). The van der Waals surface area contributed by atoms with Crippen LogP contribution in [0, 0.1) is 19.8 Å². The van der Waals surface area contributed by atoms with E-state index in [0.29, 0.717) is 11.8 Å². The molecule has 0 saturated heterocycles. The Hall–Kier alpha value is -2.10. The first-order valence-electron chi connectivity index (χ1n) is 7.89. The maximum absolute atomic E-state index is 12.4. The zero-order chi connectivity index (χ0) is 15.9. The second-order valence-electron chi connectivity index (χ2n) is 6.57. The quantitative estimate of drug-likeness (QED) is 0.899. The number of nitrogens with one attached hydrogen (secondary N) is 2. The highest BCUT2D eigenvalue weighted by molar-refractivity contribution is 5.96. The lowest BCUT2D eigenvalue weighted by molar-refractivity contribution is -0.117. The maximum atomic E-state index is 12.4. The molecule has 1 fully saturated rings. The molecule has 0 spiro atoms. The number of aryl methyl sites for hydroxylation is 2. The number of aromatic nitrogens is 2. The average Bonchev–Trinajstić information content (AvgIpc) is 3.24. The van der Waals surface area contributed by atoms with Gasteiger partial charge in [0.25, 0.3) is 0 Å². The van der Waals surface area contributed by atoms with Crippen LogP contribution in [-0.2, 0) is 4.79 Å². The molecule has 1 aliphatic carbocycles. The van der Waals surface area contributed by atoms with Crippen LogP contribution in [0.1, 0.15) is 54.6 Å². The molecule has 2 N–H and O–H groups in total. The molecule has 22 heavy (non-hydrogen) atoms. The van der Waals surface area contributed by atoms with Crippen molar-refractivity contribution < 1.29 is 4.79 Å². The van der Waals surface area contributed by atoms with Gasteiger partial charge in [-0.25, -0.2) is 0 Å². The van der Waals surface area contributed by atoms with Gasteiger partial charge in [-0.15, -0.1) is 0 Å². The Balaban J connectivity index is 1.65. The van der Waals surface area contributed by atoms with Gasteiger partial charge in [0.05, 0.1) is 17.1 Å². The van der Waals surface area contributed by atoms with Gasteiger partial charge in [0.1, 0.15) is 0 Å². The summed E-state index contributed by atoms with van der Waals surface area (Å²) in [6, 6.07) is 8.69. The number of nitrogens with zero attached hydrogens (tertiary/aromatic N) is 1. The van der Waals surface area contributed by atoms with E-state index in [1.54, 1.807) is 0 Å². The van der Waals surface area contributed by atoms with Gasteiger partial charge in [-0.05, 0) is 43.2 Å². The molecular formula is C18H23N3O. The Morgan fingerprint density at radius 3 is 2.50 bits per heavy atom. The van der Waals surface area contributed by atoms with Crippen LogP contribution >= 0.6 is 0 Å². The number of amides is 1. The fourth-order valence-electron chi connectivity index (χ4n) is 2.93. The van der Waals surface area contributed by atoms with E-state index in [1.807, 2.05) is 13.8 Å². The van der Waals surface area contributed by atoms with Crippen LogP contribution in [0.3, 0.4) is 0 Å². The monoisotopic (exact) mass is 297 g/mol. The Morgan fingerprint density at radius 1 is 1.27 bits per heavy atom. The minimum Gasteiger partial charge on any atom is -0.323 e. The second-order valence-corrected chi connectivity index (χ2v) is 6.57. The number of aromatic amines is 1. The summed E-state index contributed by atoms with van der Waals surface area (Å²) in [5, 5.41) is 10.0. The van der Waals surface area contributed by atoms with Crippen LogP contribution in [0.5, 0.6) is 0 Å². The zero-order valence-electron chi connectivity index (χ0n) is 13.6. The molecule has 1 aromatic heterocycles. The number of rotatable bonds is 4. The Labute approximate surface area is 131 Å². The Bertz CT molecular complexity index is 665. The van der Waals surface area contributed by atoms with E-state index in [1.165, 1.54) is 11.1 Å². The second kappa shape index (κ2) is 5.59. The van der Waals surface area contributed by atoms with E-state index in [9.17, 15) is 4.79 Å². The molecule has 2 aromatic rings. The van der Waals surface area contributed by atoms with E-state index < -0.39 is 0 Å². The first kappa shape index (κ1) is 14.8. The van der Waals surface area contributed by atoms with Crippen molar-refractivity contribution in [3.8, 4) is 0 Å². The number of H-pyrrole nitrogens is 1. The van der Waals surface area contributed by atoms with Gasteiger partial charge >= 0.3 is 0 Å². The van der Waals surface area contributed by atoms with Gasteiger partial charge < -0.3 is 5.32 Å². The summed E-state index contributed by atoms with van der Waals surface area (Å²) in [6.07, 6.45) is 0.933. The molecule has 0 radical (unpaired) electrons. The van der Waals surface area contributed by atoms with Gasteiger partial charge in [0.15, 0.2) is 0 Å². The van der Waals surface area contributed by atoms with Crippen LogP contribution in [-0.4, -0.2) is 16.1 Å². The molecular weight excluding hydrogens is 274 g/mol. The highest BCUT2D eigenvalue weighted by Crippen LogP contribution is 2.48. The standard InChI is InChI=1S/C18H23N3O/c1-10(2)13-5-7-14(8-6-13)15-9-16(15)18(22)19-17-11(3)20-21-12(17)4/h5-8,10,15-16H,9H2,1-4H3,(H,19,22)(H,20,21). The fraction of sp³-hybridized carbons (Fsp3) is 0.444. The van der Waals surface area contributed by atoms with Gasteiger partial charge in [0, 0.05) is 5.92 Å². The van der Waals surface area contributed by atoms with E-state index >= 15 is 0 Å². The molecule has 1 aliphatic rings. The lowest BCUT2D eigenvalue weighted by Crippen LogP contribution is -2.15. The minimum absolute atomic E-state index is 0.0820.